The van der Waals surface area contributed by atoms with E-state index in [1.54, 1.807) is 0 Å². The first-order valence-corrected chi connectivity index (χ1v) is 7.31. The lowest BCUT2D eigenvalue weighted by Crippen LogP contribution is -2.50. The predicted octanol–water partition coefficient (Wildman–Crippen LogP) is 2.79. The number of amides is 1. The summed E-state index contributed by atoms with van der Waals surface area (Å²) in [5.41, 5.74) is 2.06. The van der Waals surface area contributed by atoms with Crippen LogP contribution in [0.2, 0.25) is 0 Å². The first-order chi connectivity index (χ1) is 9.20. The van der Waals surface area contributed by atoms with Gasteiger partial charge in [0.15, 0.2) is 0 Å². The normalized spacial score (nSPS) is 21.9. The summed E-state index contributed by atoms with van der Waals surface area (Å²) < 4.78 is 0. The summed E-state index contributed by atoms with van der Waals surface area (Å²) >= 11 is 0. The molecule has 2 atom stereocenters. The maximum absolute atomic E-state index is 12.2. The molecule has 2 rings (SSSR count). The average molecular weight is 297 g/mol. The van der Waals surface area contributed by atoms with E-state index < -0.39 is 0 Å². The van der Waals surface area contributed by atoms with Gasteiger partial charge in [-0.3, -0.25) is 4.79 Å². The van der Waals surface area contributed by atoms with Crippen LogP contribution in [-0.4, -0.2) is 25.0 Å². The van der Waals surface area contributed by atoms with Crippen molar-refractivity contribution in [3.05, 3.63) is 35.4 Å². The molecule has 2 N–H and O–H groups in total. The van der Waals surface area contributed by atoms with E-state index in [9.17, 15) is 4.79 Å². The van der Waals surface area contributed by atoms with Crippen LogP contribution < -0.4 is 10.6 Å². The van der Waals surface area contributed by atoms with Gasteiger partial charge in [-0.1, -0.05) is 32.4 Å². The van der Waals surface area contributed by atoms with Crippen LogP contribution in [0.4, 0.5) is 0 Å². The van der Waals surface area contributed by atoms with Crippen LogP contribution in [0.3, 0.4) is 0 Å². The summed E-state index contributed by atoms with van der Waals surface area (Å²) in [6, 6.07) is 8.22. The molecule has 0 aliphatic carbocycles. The van der Waals surface area contributed by atoms with Crippen LogP contribution in [0.25, 0.3) is 0 Å². The summed E-state index contributed by atoms with van der Waals surface area (Å²) in [4.78, 5) is 12.2. The lowest BCUT2D eigenvalue weighted by Gasteiger charge is -2.30. The zero-order valence-electron chi connectivity index (χ0n) is 12.3. The topological polar surface area (TPSA) is 41.1 Å². The molecule has 20 heavy (non-hydrogen) atoms. The van der Waals surface area contributed by atoms with Gasteiger partial charge in [0.1, 0.15) is 0 Å². The van der Waals surface area contributed by atoms with Crippen LogP contribution in [-0.2, 0) is 6.42 Å². The molecule has 1 aromatic carbocycles. The molecule has 1 aliphatic heterocycles. The highest BCUT2D eigenvalue weighted by atomic mass is 35.5. The Morgan fingerprint density at radius 2 is 2.05 bits per heavy atom. The number of carbonyl (C=O) groups is 1. The lowest BCUT2D eigenvalue weighted by molar-refractivity contribution is 0.0915. The zero-order valence-corrected chi connectivity index (χ0v) is 13.1. The molecule has 1 heterocycles. The molecule has 3 nitrogen and oxygen atoms in total. The van der Waals surface area contributed by atoms with Gasteiger partial charge in [-0.15, -0.1) is 12.4 Å². The monoisotopic (exact) mass is 296 g/mol. The molecule has 2 unspecified atom stereocenters. The molecule has 1 fully saturated rings. The van der Waals surface area contributed by atoms with E-state index >= 15 is 0 Å². The number of hydrogen-bond acceptors (Lipinski definition) is 2. The fourth-order valence-electron chi connectivity index (χ4n) is 2.55. The second-order valence-corrected chi connectivity index (χ2v) is 5.50. The minimum Gasteiger partial charge on any atom is -0.348 e. The van der Waals surface area contributed by atoms with E-state index in [1.165, 1.54) is 5.56 Å². The molecule has 0 radical (unpaired) electrons. The van der Waals surface area contributed by atoms with Gasteiger partial charge in [0.25, 0.3) is 5.91 Å². The Bertz CT molecular complexity index is 419. The summed E-state index contributed by atoms with van der Waals surface area (Å²) in [6.07, 6.45) is 3.34. The number of benzene rings is 1. The predicted molar refractivity (Wildman–Crippen MR) is 85.6 cm³/mol. The fraction of sp³-hybridized carbons (Fsp3) is 0.562. The molecule has 1 amide bonds. The van der Waals surface area contributed by atoms with Crippen molar-refractivity contribution in [1.29, 1.82) is 0 Å². The molecule has 4 heteroatoms. The second-order valence-electron chi connectivity index (χ2n) is 5.50. The van der Waals surface area contributed by atoms with Gasteiger partial charge in [0.05, 0.1) is 0 Å². The average Bonchev–Trinajstić information content (AvgIpc) is 2.42. The van der Waals surface area contributed by atoms with Crippen molar-refractivity contribution in [1.82, 2.24) is 10.6 Å². The smallest absolute Gasteiger partial charge is 0.251 e. The van der Waals surface area contributed by atoms with Gasteiger partial charge >= 0.3 is 0 Å². The van der Waals surface area contributed by atoms with Crippen LogP contribution in [0.5, 0.6) is 0 Å². The number of hydrogen-bond donors (Lipinski definition) is 2. The highest BCUT2D eigenvalue weighted by Gasteiger charge is 2.22. The summed E-state index contributed by atoms with van der Waals surface area (Å²) in [7, 11) is 0. The quantitative estimate of drug-likeness (QED) is 0.897. The maximum Gasteiger partial charge on any atom is 0.251 e. The first-order valence-electron chi connectivity index (χ1n) is 7.31. The molecule has 0 aromatic heterocycles. The Labute approximate surface area is 127 Å². The number of piperidine rings is 1. The summed E-state index contributed by atoms with van der Waals surface area (Å²) in [5, 5.41) is 6.47. The van der Waals surface area contributed by atoms with Crippen molar-refractivity contribution < 1.29 is 4.79 Å². The molecule has 1 aromatic rings. The Morgan fingerprint density at radius 1 is 1.35 bits per heavy atom. The van der Waals surface area contributed by atoms with Gasteiger partial charge in [-0.25, -0.2) is 0 Å². The number of halogens is 1. The third-order valence-electron chi connectivity index (χ3n) is 3.90. The number of rotatable bonds is 4. The second kappa shape index (κ2) is 8.28. The van der Waals surface area contributed by atoms with Gasteiger partial charge in [-0.2, -0.15) is 0 Å². The molecule has 1 saturated heterocycles. The summed E-state index contributed by atoms with van der Waals surface area (Å²) in [5.74, 6) is 0.591. The lowest BCUT2D eigenvalue weighted by atomic mass is 9.94. The van der Waals surface area contributed by atoms with Crippen LogP contribution in [0.1, 0.15) is 42.6 Å². The highest BCUT2D eigenvalue weighted by molar-refractivity contribution is 5.94. The van der Waals surface area contributed by atoms with Crippen LogP contribution in [0, 0.1) is 5.92 Å². The van der Waals surface area contributed by atoms with E-state index in [1.807, 2.05) is 12.1 Å². The standard InChI is InChI=1S/C16H24N2O.ClH/c1-3-4-13-5-7-14(8-6-13)16(19)18-15-11-17-10-9-12(15)2;/h5-8,12,15,17H,3-4,9-11H2,1-2H3,(H,18,19);1H. The first kappa shape index (κ1) is 17.0. The van der Waals surface area contributed by atoms with Crippen molar-refractivity contribution in [3.8, 4) is 0 Å². The van der Waals surface area contributed by atoms with Crippen molar-refractivity contribution in [2.75, 3.05) is 13.1 Å². The highest BCUT2D eigenvalue weighted by Crippen LogP contribution is 2.13. The fourth-order valence-corrected chi connectivity index (χ4v) is 2.55. The number of nitrogens with one attached hydrogen (secondary N) is 2. The molecule has 1 aliphatic rings. The largest absolute Gasteiger partial charge is 0.348 e. The van der Waals surface area contributed by atoms with E-state index in [0.29, 0.717) is 5.92 Å². The third-order valence-corrected chi connectivity index (χ3v) is 3.90. The van der Waals surface area contributed by atoms with Crippen LogP contribution >= 0.6 is 12.4 Å². The Hall–Kier alpha value is -1.06. The van der Waals surface area contributed by atoms with Gasteiger partial charge in [0, 0.05) is 18.2 Å². The molecule has 0 spiro atoms. The van der Waals surface area contributed by atoms with Crippen molar-refractivity contribution in [2.24, 2.45) is 5.92 Å². The third kappa shape index (κ3) is 4.50. The minimum absolute atomic E-state index is 0. The Kier molecular flexibility index (Phi) is 7.03. The molecule has 0 saturated carbocycles. The van der Waals surface area contributed by atoms with E-state index in [4.69, 9.17) is 0 Å². The van der Waals surface area contributed by atoms with E-state index in [-0.39, 0.29) is 24.4 Å². The van der Waals surface area contributed by atoms with Gasteiger partial charge in [-0.05, 0) is 43.0 Å². The van der Waals surface area contributed by atoms with Crippen molar-refractivity contribution in [3.63, 3.8) is 0 Å². The van der Waals surface area contributed by atoms with E-state index in [2.05, 4.69) is 36.6 Å². The molecule has 112 valence electrons. The zero-order chi connectivity index (χ0) is 13.7. The number of carbonyl (C=O) groups excluding carboxylic acids is 1. The summed E-state index contributed by atoms with van der Waals surface area (Å²) in [6.45, 7) is 6.30. The van der Waals surface area contributed by atoms with Gasteiger partial charge < -0.3 is 10.6 Å². The van der Waals surface area contributed by atoms with Crippen molar-refractivity contribution in [2.45, 2.75) is 39.2 Å². The van der Waals surface area contributed by atoms with Crippen LogP contribution in [0.15, 0.2) is 24.3 Å². The number of aryl methyl sites for hydroxylation is 1. The molecule has 0 bridgehead atoms. The maximum atomic E-state index is 12.2. The molecular weight excluding hydrogens is 272 g/mol. The molecular formula is C16H25ClN2O. The SMILES string of the molecule is CCCc1ccc(C(=O)NC2CNCCC2C)cc1.Cl. The minimum atomic E-state index is 0. The Morgan fingerprint density at radius 3 is 2.65 bits per heavy atom. The van der Waals surface area contributed by atoms with Gasteiger partial charge in [0.2, 0.25) is 0 Å². The van der Waals surface area contributed by atoms with Crippen molar-refractivity contribution >= 4 is 18.3 Å². The van der Waals surface area contributed by atoms with E-state index in [0.717, 1.165) is 37.9 Å². The Balaban J connectivity index is 0.00000200.